The maximum absolute atomic E-state index is 12.6. The van der Waals surface area contributed by atoms with Crippen LogP contribution in [0.4, 0.5) is 4.39 Å². The predicted molar refractivity (Wildman–Crippen MR) is 59.5 cm³/mol. The lowest BCUT2D eigenvalue weighted by molar-refractivity contribution is 0.0734. The Morgan fingerprint density at radius 3 is 2.47 bits per heavy atom. The van der Waals surface area contributed by atoms with Gasteiger partial charge in [-0.3, -0.25) is 0 Å². The van der Waals surface area contributed by atoms with E-state index in [2.05, 4.69) is 0 Å². The molecule has 0 atom stereocenters. The number of benzene rings is 2. The summed E-state index contributed by atoms with van der Waals surface area (Å²) in [6.07, 6.45) is 0. The van der Waals surface area contributed by atoms with Crippen LogP contribution in [0.1, 0.15) is 10.4 Å². The van der Waals surface area contributed by atoms with Crippen LogP contribution in [0.15, 0.2) is 48.5 Å². The Morgan fingerprint density at radius 1 is 1.12 bits per heavy atom. The number of esters is 1. The summed E-state index contributed by atoms with van der Waals surface area (Å²) in [5, 5.41) is 9.19. The molecule has 2 aromatic carbocycles. The van der Waals surface area contributed by atoms with Crippen molar-refractivity contribution in [3.8, 4) is 11.5 Å². The van der Waals surface area contributed by atoms with Crippen molar-refractivity contribution in [3.63, 3.8) is 0 Å². The minimum absolute atomic E-state index is 0.00871. The SMILES string of the molecule is O=C(Oc1cccc(O)c1)c1ccc(F)cc1. The molecule has 0 aliphatic rings. The zero-order valence-corrected chi connectivity index (χ0v) is 8.76. The summed E-state index contributed by atoms with van der Waals surface area (Å²) < 4.78 is 17.6. The second-order valence-corrected chi connectivity index (χ2v) is 3.39. The van der Waals surface area contributed by atoms with Crippen molar-refractivity contribution in [2.75, 3.05) is 0 Å². The van der Waals surface area contributed by atoms with E-state index in [-0.39, 0.29) is 17.1 Å². The average molecular weight is 232 g/mol. The van der Waals surface area contributed by atoms with Crippen molar-refractivity contribution >= 4 is 5.97 Å². The van der Waals surface area contributed by atoms with Gasteiger partial charge in [-0.2, -0.15) is 0 Å². The molecular formula is C13H9FO3. The van der Waals surface area contributed by atoms with Crippen LogP contribution in [-0.4, -0.2) is 11.1 Å². The molecule has 0 radical (unpaired) electrons. The minimum atomic E-state index is -0.601. The molecule has 0 unspecified atom stereocenters. The third kappa shape index (κ3) is 2.81. The molecule has 86 valence electrons. The summed E-state index contributed by atoms with van der Waals surface area (Å²) in [5.74, 6) is -0.775. The summed E-state index contributed by atoms with van der Waals surface area (Å²) in [7, 11) is 0. The van der Waals surface area contributed by atoms with E-state index in [9.17, 15) is 14.3 Å². The van der Waals surface area contributed by atoms with Crippen LogP contribution in [-0.2, 0) is 0 Å². The van der Waals surface area contributed by atoms with Crippen LogP contribution < -0.4 is 4.74 Å². The predicted octanol–water partition coefficient (Wildman–Crippen LogP) is 2.75. The fraction of sp³-hybridized carbons (Fsp3) is 0. The molecule has 0 saturated carbocycles. The number of aromatic hydroxyl groups is 1. The summed E-state index contributed by atoms with van der Waals surface area (Å²) in [6, 6.07) is 10.9. The van der Waals surface area contributed by atoms with Gasteiger partial charge in [-0.25, -0.2) is 9.18 Å². The van der Waals surface area contributed by atoms with Crippen LogP contribution in [0.5, 0.6) is 11.5 Å². The van der Waals surface area contributed by atoms with Crippen molar-refractivity contribution in [1.82, 2.24) is 0 Å². The molecule has 0 heterocycles. The van der Waals surface area contributed by atoms with Crippen LogP contribution in [0.2, 0.25) is 0 Å². The Kier molecular flexibility index (Phi) is 3.05. The van der Waals surface area contributed by atoms with Gasteiger partial charge in [-0.15, -0.1) is 0 Å². The van der Waals surface area contributed by atoms with Gasteiger partial charge in [0, 0.05) is 6.07 Å². The largest absolute Gasteiger partial charge is 0.508 e. The molecule has 2 aromatic rings. The van der Waals surface area contributed by atoms with E-state index in [4.69, 9.17) is 4.74 Å². The lowest BCUT2D eigenvalue weighted by Gasteiger charge is -2.04. The van der Waals surface area contributed by atoms with Gasteiger partial charge in [0.2, 0.25) is 0 Å². The van der Waals surface area contributed by atoms with Crippen LogP contribution in [0, 0.1) is 5.82 Å². The number of hydrogen-bond acceptors (Lipinski definition) is 3. The van der Waals surface area contributed by atoms with Gasteiger partial charge < -0.3 is 9.84 Å². The van der Waals surface area contributed by atoms with Crippen LogP contribution in [0.3, 0.4) is 0 Å². The number of hydrogen-bond donors (Lipinski definition) is 1. The quantitative estimate of drug-likeness (QED) is 0.639. The first-order valence-electron chi connectivity index (χ1n) is 4.92. The first kappa shape index (κ1) is 11.1. The van der Waals surface area contributed by atoms with Gasteiger partial charge in [0.25, 0.3) is 0 Å². The van der Waals surface area contributed by atoms with E-state index < -0.39 is 11.8 Å². The van der Waals surface area contributed by atoms with Crippen molar-refractivity contribution in [2.45, 2.75) is 0 Å². The number of carbonyl (C=O) groups excluding carboxylic acids is 1. The minimum Gasteiger partial charge on any atom is -0.508 e. The molecule has 0 spiro atoms. The number of rotatable bonds is 2. The monoisotopic (exact) mass is 232 g/mol. The normalized spacial score (nSPS) is 9.94. The molecule has 0 aromatic heterocycles. The van der Waals surface area contributed by atoms with Crippen molar-refractivity contribution < 1.29 is 19.0 Å². The molecule has 0 aliphatic heterocycles. The van der Waals surface area contributed by atoms with Gasteiger partial charge in [0.1, 0.15) is 17.3 Å². The molecule has 0 amide bonds. The molecule has 0 aliphatic carbocycles. The Bertz CT molecular complexity index is 535. The molecule has 0 bridgehead atoms. The fourth-order valence-corrected chi connectivity index (χ4v) is 1.30. The first-order valence-corrected chi connectivity index (χ1v) is 4.92. The highest BCUT2D eigenvalue weighted by atomic mass is 19.1. The fourth-order valence-electron chi connectivity index (χ4n) is 1.30. The summed E-state index contributed by atoms with van der Waals surface area (Å²) in [5.41, 5.74) is 0.245. The van der Waals surface area contributed by atoms with Gasteiger partial charge >= 0.3 is 5.97 Å². The third-order valence-corrected chi connectivity index (χ3v) is 2.11. The van der Waals surface area contributed by atoms with E-state index in [0.29, 0.717) is 0 Å². The van der Waals surface area contributed by atoms with E-state index in [1.165, 1.54) is 36.4 Å². The van der Waals surface area contributed by atoms with Crippen LogP contribution in [0.25, 0.3) is 0 Å². The maximum atomic E-state index is 12.6. The van der Waals surface area contributed by atoms with E-state index >= 15 is 0 Å². The van der Waals surface area contributed by atoms with E-state index in [1.807, 2.05) is 0 Å². The molecule has 17 heavy (non-hydrogen) atoms. The lowest BCUT2D eigenvalue weighted by atomic mass is 10.2. The Hall–Kier alpha value is -2.36. The molecule has 4 heteroatoms. The topological polar surface area (TPSA) is 46.5 Å². The van der Waals surface area contributed by atoms with E-state index in [1.54, 1.807) is 12.1 Å². The number of carbonyl (C=O) groups is 1. The summed E-state index contributed by atoms with van der Waals surface area (Å²) in [4.78, 5) is 11.6. The summed E-state index contributed by atoms with van der Waals surface area (Å²) >= 11 is 0. The van der Waals surface area contributed by atoms with E-state index in [0.717, 1.165) is 0 Å². The molecular weight excluding hydrogens is 223 g/mol. The first-order chi connectivity index (χ1) is 8.15. The number of ether oxygens (including phenoxy) is 1. The van der Waals surface area contributed by atoms with Gasteiger partial charge in [-0.05, 0) is 36.4 Å². The highest BCUT2D eigenvalue weighted by Gasteiger charge is 2.08. The maximum Gasteiger partial charge on any atom is 0.343 e. The van der Waals surface area contributed by atoms with Crippen molar-refractivity contribution in [1.29, 1.82) is 0 Å². The number of halogens is 1. The summed E-state index contributed by atoms with van der Waals surface area (Å²) in [6.45, 7) is 0. The number of phenolic OH excluding ortho intramolecular Hbond substituents is 1. The molecule has 0 fully saturated rings. The Balaban J connectivity index is 2.14. The Labute approximate surface area is 97.1 Å². The average Bonchev–Trinajstić information content (AvgIpc) is 2.29. The second-order valence-electron chi connectivity index (χ2n) is 3.39. The number of phenols is 1. The highest BCUT2D eigenvalue weighted by Crippen LogP contribution is 2.18. The van der Waals surface area contributed by atoms with Crippen LogP contribution >= 0.6 is 0 Å². The van der Waals surface area contributed by atoms with Crippen molar-refractivity contribution in [2.24, 2.45) is 0 Å². The zero-order valence-electron chi connectivity index (χ0n) is 8.76. The van der Waals surface area contributed by atoms with Crippen molar-refractivity contribution in [3.05, 3.63) is 59.9 Å². The Morgan fingerprint density at radius 2 is 1.82 bits per heavy atom. The molecule has 1 N–H and O–H groups in total. The molecule has 3 nitrogen and oxygen atoms in total. The molecule has 2 rings (SSSR count). The third-order valence-electron chi connectivity index (χ3n) is 2.11. The van der Waals surface area contributed by atoms with Gasteiger partial charge in [-0.1, -0.05) is 6.07 Å². The highest BCUT2D eigenvalue weighted by molar-refractivity contribution is 5.91. The van der Waals surface area contributed by atoms with Gasteiger partial charge in [0.15, 0.2) is 0 Å². The smallest absolute Gasteiger partial charge is 0.343 e. The molecule has 0 saturated heterocycles. The zero-order chi connectivity index (χ0) is 12.3. The van der Waals surface area contributed by atoms with Gasteiger partial charge in [0.05, 0.1) is 5.56 Å². The second kappa shape index (κ2) is 4.65. The lowest BCUT2D eigenvalue weighted by Crippen LogP contribution is -2.08. The standard InChI is InChI=1S/C13H9FO3/c14-10-6-4-9(5-7-10)13(16)17-12-3-1-2-11(15)8-12/h1-8,15H.